The highest BCUT2D eigenvalue weighted by molar-refractivity contribution is 5.82. The molecule has 0 spiro atoms. The van der Waals surface area contributed by atoms with Crippen LogP contribution in [-0.4, -0.2) is 19.6 Å². The van der Waals surface area contributed by atoms with Gasteiger partial charge in [-0.25, -0.2) is 4.52 Å². The number of fused-ring (bicyclic) bond motifs is 1. The Balaban J connectivity index is 2.00. The summed E-state index contributed by atoms with van der Waals surface area (Å²) in [6.07, 6.45) is 3.43. The fourth-order valence-electron chi connectivity index (χ4n) is 2.59. The number of aromatic nitrogens is 4. The molecule has 2 heterocycles. The number of nitrogen functional groups attached to an aromatic ring is 1. The number of rotatable bonds is 2. The average Bonchev–Trinajstić information content (AvgIpc) is 2.96. The highest BCUT2D eigenvalue weighted by Crippen LogP contribution is 2.31. The summed E-state index contributed by atoms with van der Waals surface area (Å²) in [4.78, 5) is 8.43. The summed E-state index contributed by atoms with van der Waals surface area (Å²) >= 11 is 0. The molecule has 4 rings (SSSR count). The first-order valence-corrected chi connectivity index (χ1v) is 6.94. The van der Waals surface area contributed by atoms with E-state index in [1.807, 2.05) is 30.3 Å². The van der Waals surface area contributed by atoms with Crippen LogP contribution in [0.25, 0.3) is 28.0 Å². The molecule has 0 saturated heterocycles. The fourth-order valence-corrected chi connectivity index (χ4v) is 2.59. The lowest BCUT2D eigenvalue weighted by atomic mass is 9.98. The van der Waals surface area contributed by atoms with Gasteiger partial charge in [0.2, 0.25) is 5.95 Å². The van der Waals surface area contributed by atoms with Crippen molar-refractivity contribution < 1.29 is 0 Å². The predicted octanol–water partition coefficient (Wildman–Crippen LogP) is 3.04. The van der Waals surface area contributed by atoms with Crippen LogP contribution < -0.4 is 5.73 Å². The Hall–Kier alpha value is -3.21. The molecule has 4 aromatic rings. The smallest absolute Gasteiger partial charge is 0.240 e. The van der Waals surface area contributed by atoms with Crippen LogP contribution in [0.15, 0.2) is 67.0 Å². The van der Waals surface area contributed by atoms with Gasteiger partial charge in [0, 0.05) is 5.56 Å². The zero-order valence-electron chi connectivity index (χ0n) is 11.7. The summed E-state index contributed by atoms with van der Waals surface area (Å²) in [5.41, 5.74) is 10.5. The second-order valence-corrected chi connectivity index (χ2v) is 4.94. The van der Waals surface area contributed by atoms with Gasteiger partial charge in [0.15, 0.2) is 5.65 Å². The lowest BCUT2D eigenvalue weighted by Gasteiger charge is -2.10. The minimum Gasteiger partial charge on any atom is -0.366 e. The molecule has 5 nitrogen and oxygen atoms in total. The molecule has 0 saturated carbocycles. The van der Waals surface area contributed by atoms with Crippen molar-refractivity contribution in [3.63, 3.8) is 0 Å². The quantitative estimate of drug-likeness (QED) is 0.615. The van der Waals surface area contributed by atoms with Crippen LogP contribution in [0.5, 0.6) is 0 Å². The van der Waals surface area contributed by atoms with E-state index in [2.05, 4.69) is 39.3 Å². The van der Waals surface area contributed by atoms with E-state index in [0.29, 0.717) is 5.65 Å². The first kappa shape index (κ1) is 12.5. The van der Waals surface area contributed by atoms with E-state index >= 15 is 0 Å². The molecule has 0 aliphatic rings. The second kappa shape index (κ2) is 4.96. The minimum absolute atomic E-state index is 0.242. The summed E-state index contributed by atoms with van der Waals surface area (Å²) in [6, 6.07) is 18.4. The summed E-state index contributed by atoms with van der Waals surface area (Å²) in [5.74, 6) is 0.242. The second-order valence-electron chi connectivity index (χ2n) is 4.94. The summed E-state index contributed by atoms with van der Waals surface area (Å²) in [6.45, 7) is 0. The number of anilines is 1. The lowest BCUT2D eigenvalue weighted by Crippen LogP contribution is -1.97. The maximum Gasteiger partial charge on any atom is 0.240 e. The van der Waals surface area contributed by atoms with Crippen LogP contribution in [0.4, 0.5) is 5.95 Å². The number of hydrogen-bond donors (Lipinski definition) is 1. The van der Waals surface area contributed by atoms with Crippen molar-refractivity contribution in [2.24, 2.45) is 0 Å². The van der Waals surface area contributed by atoms with Gasteiger partial charge in [0.25, 0.3) is 0 Å². The molecule has 0 fully saturated rings. The molecule has 0 aliphatic heterocycles. The first-order chi connectivity index (χ1) is 10.8. The third kappa shape index (κ3) is 2.00. The average molecular weight is 287 g/mol. The predicted molar refractivity (Wildman–Crippen MR) is 86.1 cm³/mol. The molecule has 0 atom stereocenters. The van der Waals surface area contributed by atoms with E-state index in [4.69, 9.17) is 5.73 Å². The van der Waals surface area contributed by atoms with Gasteiger partial charge in [-0.2, -0.15) is 4.98 Å². The van der Waals surface area contributed by atoms with Gasteiger partial charge in [-0.15, -0.1) is 5.10 Å². The number of hydrogen-bond acceptors (Lipinski definition) is 4. The fraction of sp³-hybridized carbons (Fsp3) is 0. The topological polar surface area (TPSA) is 69.1 Å². The van der Waals surface area contributed by atoms with Crippen molar-refractivity contribution in [3.05, 3.63) is 67.0 Å². The van der Waals surface area contributed by atoms with Gasteiger partial charge in [0.05, 0.1) is 18.1 Å². The van der Waals surface area contributed by atoms with Crippen molar-refractivity contribution in [2.45, 2.75) is 0 Å². The Morgan fingerprint density at radius 2 is 1.55 bits per heavy atom. The molecule has 0 aliphatic carbocycles. The number of nitrogens with two attached hydrogens (primary N) is 1. The monoisotopic (exact) mass is 287 g/mol. The summed E-state index contributed by atoms with van der Waals surface area (Å²) in [7, 11) is 0. The Kier molecular flexibility index (Phi) is 2.83. The molecule has 2 aromatic heterocycles. The molecular weight excluding hydrogens is 274 g/mol. The Morgan fingerprint density at radius 3 is 2.36 bits per heavy atom. The van der Waals surface area contributed by atoms with Gasteiger partial charge in [0.1, 0.15) is 0 Å². The molecule has 2 N–H and O–H groups in total. The van der Waals surface area contributed by atoms with Crippen LogP contribution in [0.3, 0.4) is 0 Å². The maximum atomic E-state index is 5.72. The van der Waals surface area contributed by atoms with Crippen LogP contribution in [0.2, 0.25) is 0 Å². The van der Waals surface area contributed by atoms with E-state index in [-0.39, 0.29) is 5.95 Å². The van der Waals surface area contributed by atoms with E-state index in [1.54, 1.807) is 16.9 Å². The largest absolute Gasteiger partial charge is 0.366 e. The minimum atomic E-state index is 0.242. The van der Waals surface area contributed by atoms with Crippen molar-refractivity contribution in [1.29, 1.82) is 0 Å². The maximum absolute atomic E-state index is 5.72. The SMILES string of the molecule is Nc1nc2cncc(-c3ccccc3-c3ccccc3)n2n1. The molecule has 0 unspecified atom stereocenters. The highest BCUT2D eigenvalue weighted by Gasteiger charge is 2.12. The van der Waals surface area contributed by atoms with Gasteiger partial charge < -0.3 is 5.73 Å². The molecule has 0 radical (unpaired) electrons. The third-order valence-electron chi connectivity index (χ3n) is 3.55. The van der Waals surface area contributed by atoms with Crippen molar-refractivity contribution in [1.82, 2.24) is 19.6 Å². The van der Waals surface area contributed by atoms with E-state index < -0.39 is 0 Å². The van der Waals surface area contributed by atoms with Gasteiger partial charge >= 0.3 is 0 Å². The van der Waals surface area contributed by atoms with Crippen LogP contribution in [-0.2, 0) is 0 Å². The van der Waals surface area contributed by atoms with Crippen LogP contribution in [0, 0.1) is 0 Å². The lowest BCUT2D eigenvalue weighted by molar-refractivity contribution is 0.961. The van der Waals surface area contributed by atoms with Gasteiger partial charge in [-0.1, -0.05) is 54.6 Å². The third-order valence-corrected chi connectivity index (χ3v) is 3.55. The summed E-state index contributed by atoms with van der Waals surface area (Å²) in [5, 5.41) is 4.27. The number of nitrogens with zero attached hydrogens (tertiary/aromatic N) is 4. The van der Waals surface area contributed by atoms with E-state index in [0.717, 1.165) is 22.4 Å². The molecule has 0 bridgehead atoms. The molecule has 22 heavy (non-hydrogen) atoms. The van der Waals surface area contributed by atoms with Crippen molar-refractivity contribution in [2.75, 3.05) is 5.73 Å². The van der Waals surface area contributed by atoms with E-state index in [1.165, 1.54) is 0 Å². The zero-order valence-corrected chi connectivity index (χ0v) is 11.7. The normalized spacial score (nSPS) is 10.9. The molecule has 5 heteroatoms. The van der Waals surface area contributed by atoms with Crippen molar-refractivity contribution >= 4 is 11.6 Å². The highest BCUT2D eigenvalue weighted by atomic mass is 15.3. The molecule has 106 valence electrons. The van der Waals surface area contributed by atoms with E-state index in [9.17, 15) is 0 Å². The van der Waals surface area contributed by atoms with Crippen molar-refractivity contribution in [3.8, 4) is 22.4 Å². The Labute approximate surface area is 127 Å². The zero-order chi connectivity index (χ0) is 14.9. The Bertz CT molecular complexity index is 944. The van der Waals surface area contributed by atoms with Crippen LogP contribution in [0.1, 0.15) is 0 Å². The molecular formula is C17H13N5. The van der Waals surface area contributed by atoms with Crippen LogP contribution >= 0.6 is 0 Å². The van der Waals surface area contributed by atoms with Gasteiger partial charge in [-0.3, -0.25) is 4.98 Å². The Morgan fingerprint density at radius 1 is 0.818 bits per heavy atom. The molecule has 2 aromatic carbocycles. The summed E-state index contributed by atoms with van der Waals surface area (Å²) < 4.78 is 1.73. The number of benzene rings is 2. The standard InChI is InChI=1S/C17H13N5/c18-17-20-16-11-19-10-15(22(16)21-17)14-9-5-4-8-13(14)12-6-2-1-3-7-12/h1-11H,(H2,18,21). The van der Waals surface area contributed by atoms with Gasteiger partial charge in [-0.05, 0) is 11.1 Å². The molecule has 0 amide bonds. The first-order valence-electron chi connectivity index (χ1n) is 6.94.